The molecule has 3 nitrogen and oxygen atoms in total. The molecule has 0 radical (unpaired) electrons. The molecule has 0 spiro atoms. The van der Waals surface area contributed by atoms with Gasteiger partial charge >= 0.3 is 5.97 Å². The minimum atomic E-state index is -0.388. The maximum Gasteiger partial charge on any atom is 0.333 e. The molecule has 1 aliphatic rings. The average molecular weight is 302 g/mol. The predicted octanol–water partition coefficient (Wildman–Crippen LogP) is 4.09. The highest BCUT2D eigenvalue weighted by molar-refractivity contribution is 5.86. The normalized spacial score (nSPS) is 21.4. The van der Waals surface area contributed by atoms with Gasteiger partial charge < -0.3 is 9.84 Å². The van der Waals surface area contributed by atoms with E-state index in [-0.39, 0.29) is 19.2 Å². The molecule has 0 unspecified atom stereocenters. The molecule has 22 heavy (non-hydrogen) atoms. The van der Waals surface area contributed by atoms with Crippen LogP contribution >= 0.6 is 0 Å². The third-order valence-corrected chi connectivity index (χ3v) is 4.60. The lowest BCUT2D eigenvalue weighted by Crippen LogP contribution is -2.12. The monoisotopic (exact) mass is 302 g/mol. The summed E-state index contributed by atoms with van der Waals surface area (Å²) in [5.41, 5.74) is 3.41. The van der Waals surface area contributed by atoms with Crippen LogP contribution < -0.4 is 0 Å². The van der Waals surface area contributed by atoms with Crippen LogP contribution in [0.1, 0.15) is 62.1 Å². The number of hydrogen-bond acceptors (Lipinski definition) is 3. The maximum atomic E-state index is 11.6. The van der Waals surface area contributed by atoms with E-state index in [2.05, 4.69) is 25.6 Å². The summed E-state index contributed by atoms with van der Waals surface area (Å²) in [6.45, 7) is 7.68. The van der Waals surface area contributed by atoms with Crippen LogP contribution in [-0.2, 0) is 22.7 Å². The first-order valence-corrected chi connectivity index (χ1v) is 8.06. The van der Waals surface area contributed by atoms with Crippen molar-refractivity contribution in [2.75, 3.05) is 0 Å². The second-order valence-electron chi connectivity index (χ2n) is 6.50. The Morgan fingerprint density at radius 2 is 1.95 bits per heavy atom. The number of carbonyl (C=O) groups excluding carboxylic acids is 1. The molecule has 120 valence electrons. The van der Waals surface area contributed by atoms with E-state index in [1.165, 1.54) is 31.2 Å². The van der Waals surface area contributed by atoms with Crippen molar-refractivity contribution in [3.8, 4) is 0 Å². The second-order valence-corrected chi connectivity index (χ2v) is 6.50. The van der Waals surface area contributed by atoms with Gasteiger partial charge in [-0.25, -0.2) is 4.79 Å². The molecule has 0 heterocycles. The van der Waals surface area contributed by atoms with Crippen molar-refractivity contribution in [3.05, 3.63) is 47.0 Å². The zero-order chi connectivity index (χ0) is 16.1. The Kier molecular flexibility index (Phi) is 5.78. The van der Waals surface area contributed by atoms with Gasteiger partial charge in [-0.05, 0) is 48.3 Å². The standard InChI is InChI=1S/C19H26O3/c1-13(2)19(21)22-12-18-10-16(8-9-17(18)11-20)15-6-4-14(3)5-7-15/h8-10,14-15,20H,1,4-7,11-12H2,2-3H3. The molecule has 0 bridgehead atoms. The Balaban J connectivity index is 2.11. The van der Waals surface area contributed by atoms with Crippen LogP contribution in [0.15, 0.2) is 30.4 Å². The minimum Gasteiger partial charge on any atom is -0.457 e. The number of hydrogen-bond donors (Lipinski definition) is 1. The molecule has 1 N–H and O–H groups in total. The molecular weight excluding hydrogens is 276 g/mol. The Hall–Kier alpha value is -1.61. The van der Waals surface area contributed by atoms with Crippen molar-refractivity contribution in [2.45, 2.75) is 58.7 Å². The molecule has 3 heteroatoms. The SMILES string of the molecule is C=C(C)C(=O)OCc1cc(C2CCC(C)CC2)ccc1CO. The van der Waals surface area contributed by atoms with Gasteiger partial charge in [0.25, 0.3) is 0 Å². The van der Waals surface area contributed by atoms with E-state index in [9.17, 15) is 9.90 Å². The average Bonchev–Trinajstić information content (AvgIpc) is 2.52. The van der Waals surface area contributed by atoms with Crippen molar-refractivity contribution in [1.82, 2.24) is 0 Å². The van der Waals surface area contributed by atoms with Crippen LogP contribution in [0, 0.1) is 5.92 Å². The lowest BCUT2D eigenvalue weighted by molar-refractivity contribution is -0.140. The van der Waals surface area contributed by atoms with E-state index in [1.54, 1.807) is 6.92 Å². The van der Waals surface area contributed by atoms with Gasteiger partial charge in [0, 0.05) is 5.57 Å². The number of ether oxygens (including phenoxy) is 1. The van der Waals surface area contributed by atoms with Gasteiger partial charge in [-0.3, -0.25) is 0 Å². The Morgan fingerprint density at radius 3 is 2.55 bits per heavy atom. The van der Waals surface area contributed by atoms with Crippen molar-refractivity contribution >= 4 is 5.97 Å². The van der Waals surface area contributed by atoms with Crippen LogP contribution in [0.2, 0.25) is 0 Å². The number of rotatable bonds is 5. The Bertz CT molecular complexity index is 540. The molecule has 0 aromatic heterocycles. The van der Waals surface area contributed by atoms with Crippen LogP contribution in [0.25, 0.3) is 0 Å². The molecular formula is C19H26O3. The Labute approximate surface area is 133 Å². The van der Waals surface area contributed by atoms with Gasteiger partial charge in [-0.15, -0.1) is 0 Å². The van der Waals surface area contributed by atoms with Crippen LogP contribution in [0.3, 0.4) is 0 Å². The van der Waals surface area contributed by atoms with Gasteiger partial charge in [0.2, 0.25) is 0 Å². The number of aliphatic hydroxyl groups is 1. The number of esters is 1. The molecule has 1 aromatic carbocycles. The Morgan fingerprint density at radius 1 is 1.27 bits per heavy atom. The zero-order valence-corrected chi connectivity index (χ0v) is 13.6. The van der Waals surface area contributed by atoms with Gasteiger partial charge in [-0.1, -0.05) is 44.5 Å². The molecule has 0 saturated heterocycles. The fraction of sp³-hybridized carbons (Fsp3) is 0.526. The lowest BCUT2D eigenvalue weighted by atomic mass is 9.79. The summed E-state index contributed by atoms with van der Waals surface area (Å²) in [6, 6.07) is 6.16. The van der Waals surface area contributed by atoms with Crippen molar-refractivity contribution in [2.24, 2.45) is 5.92 Å². The molecule has 2 rings (SSSR count). The number of carbonyl (C=O) groups is 1. The summed E-state index contributed by atoms with van der Waals surface area (Å²) < 4.78 is 5.24. The van der Waals surface area contributed by atoms with Gasteiger partial charge in [0.15, 0.2) is 0 Å². The van der Waals surface area contributed by atoms with E-state index in [1.807, 2.05) is 6.07 Å². The molecule has 0 aliphatic heterocycles. The van der Waals surface area contributed by atoms with Crippen molar-refractivity contribution < 1.29 is 14.6 Å². The highest BCUT2D eigenvalue weighted by atomic mass is 16.5. The number of benzene rings is 1. The topological polar surface area (TPSA) is 46.5 Å². The zero-order valence-electron chi connectivity index (χ0n) is 13.6. The summed E-state index contributed by atoms with van der Waals surface area (Å²) in [7, 11) is 0. The lowest BCUT2D eigenvalue weighted by Gasteiger charge is -2.27. The van der Waals surface area contributed by atoms with Gasteiger partial charge in [0.05, 0.1) is 6.61 Å². The molecule has 1 saturated carbocycles. The first kappa shape index (κ1) is 16.8. The van der Waals surface area contributed by atoms with Crippen molar-refractivity contribution in [3.63, 3.8) is 0 Å². The van der Waals surface area contributed by atoms with Crippen LogP contribution in [0.4, 0.5) is 0 Å². The fourth-order valence-electron chi connectivity index (χ4n) is 3.05. The molecule has 1 aromatic rings. The van der Waals surface area contributed by atoms with Gasteiger partial charge in [0.1, 0.15) is 6.61 Å². The fourth-order valence-corrected chi connectivity index (χ4v) is 3.05. The van der Waals surface area contributed by atoms with Crippen molar-refractivity contribution in [1.29, 1.82) is 0 Å². The van der Waals surface area contributed by atoms with E-state index >= 15 is 0 Å². The summed E-state index contributed by atoms with van der Waals surface area (Å²) in [6.07, 6.45) is 4.97. The van der Waals surface area contributed by atoms with E-state index in [4.69, 9.17) is 4.74 Å². The largest absolute Gasteiger partial charge is 0.457 e. The van der Waals surface area contributed by atoms with E-state index < -0.39 is 0 Å². The highest BCUT2D eigenvalue weighted by Crippen LogP contribution is 2.36. The predicted molar refractivity (Wildman–Crippen MR) is 87.3 cm³/mol. The third kappa shape index (κ3) is 4.20. The summed E-state index contributed by atoms with van der Waals surface area (Å²) in [5.74, 6) is 1.02. The van der Waals surface area contributed by atoms with Crippen LogP contribution in [-0.4, -0.2) is 11.1 Å². The quantitative estimate of drug-likeness (QED) is 0.658. The molecule has 1 fully saturated rings. The summed E-state index contributed by atoms with van der Waals surface area (Å²) in [5, 5.41) is 9.47. The smallest absolute Gasteiger partial charge is 0.333 e. The first-order valence-electron chi connectivity index (χ1n) is 8.06. The second kappa shape index (κ2) is 7.59. The molecule has 0 amide bonds. The van der Waals surface area contributed by atoms with Crippen LogP contribution in [0.5, 0.6) is 0 Å². The summed E-state index contributed by atoms with van der Waals surface area (Å²) >= 11 is 0. The molecule has 0 atom stereocenters. The minimum absolute atomic E-state index is 0.0397. The first-order chi connectivity index (χ1) is 10.5. The third-order valence-electron chi connectivity index (χ3n) is 4.60. The maximum absolute atomic E-state index is 11.6. The number of aliphatic hydroxyl groups excluding tert-OH is 1. The highest BCUT2D eigenvalue weighted by Gasteiger charge is 2.20. The van der Waals surface area contributed by atoms with E-state index in [0.29, 0.717) is 11.5 Å². The van der Waals surface area contributed by atoms with Gasteiger partial charge in [-0.2, -0.15) is 0 Å². The molecule has 1 aliphatic carbocycles. The summed E-state index contributed by atoms with van der Waals surface area (Å²) in [4.78, 5) is 11.6. The van der Waals surface area contributed by atoms with E-state index in [0.717, 1.165) is 17.0 Å².